The molecule has 0 bridgehead atoms. The van der Waals surface area contributed by atoms with E-state index in [1.54, 1.807) is 4.90 Å². The fourth-order valence-electron chi connectivity index (χ4n) is 2.41. The Balaban J connectivity index is 2.17. The van der Waals surface area contributed by atoms with Crippen molar-refractivity contribution >= 4 is 11.8 Å². The Morgan fingerprint density at radius 3 is 2.93 bits per heavy atom. The summed E-state index contributed by atoms with van der Waals surface area (Å²) in [7, 11) is 0. The first-order valence-electron chi connectivity index (χ1n) is 5.76. The van der Waals surface area contributed by atoms with Gasteiger partial charge in [0.1, 0.15) is 12.1 Å². The molecule has 1 N–H and O–H groups in total. The van der Waals surface area contributed by atoms with Crippen LogP contribution in [0.25, 0.3) is 0 Å². The molecule has 0 aromatic carbocycles. The van der Waals surface area contributed by atoms with Gasteiger partial charge in [0.15, 0.2) is 0 Å². The highest BCUT2D eigenvalue weighted by molar-refractivity contribution is 5.97. The van der Waals surface area contributed by atoms with Crippen molar-refractivity contribution in [2.24, 2.45) is 5.92 Å². The molecule has 15 heavy (non-hydrogen) atoms. The predicted molar refractivity (Wildman–Crippen MR) is 56.1 cm³/mol. The average Bonchev–Trinajstić information content (AvgIpc) is 2.71. The van der Waals surface area contributed by atoms with E-state index < -0.39 is 0 Å². The number of amides is 2. The lowest BCUT2D eigenvalue weighted by atomic mass is 9.95. The number of hydrogen-bond acceptors (Lipinski definition) is 2. The fraction of sp³-hybridized carbons (Fsp3) is 0.818. The Kier molecular flexibility index (Phi) is 2.67. The Morgan fingerprint density at radius 1 is 1.53 bits per heavy atom. The van der Waals surface area contributed by atoms with Crippen LogP contribution in [0.15, 0.2) is 0 Å². The second-order valence-corrected chi connectivity index (χ2v) is 4.56. The van der Waals surface area contributed by atoms with Crippen LogP contribution in [0.1, 0.15) is 33.1 Å². The van der Waals surface area contributed by atoms with E-state index in [1.807, 2.05) is 13.8 Å². The topological polar surface area (TPSA) is 49.4 Å². The molecule has 2 heterocycles. The summed E-state index contributed by atoms with van der Waals surface area (Å²) in [6, 6.07) is -0.477. The van der Waals surface area contributed by atoms with Crippen molar-refractivity contribution in [3.05, 3.63) is 0 Å². The smallest absolute Gasteiger partial charge is 0.246 e. The Bertz CT molecular complexity index is 290. The summed E-state index contributed by atoms with van der Waals surface area (Å²) in [6.45, 7) is 4.81. The van der Waals surface area contributed by atoms with E-state index >= 15 is 0 Å². The summed E-state index contributed by atoms with van der Waals surface area (Å²) in [5.74, 6) is 0.381. The number of carbonyl (C=O) groups is 2. The van der Waals surface area contributed by atoms with Gasteiger partial charge in [-0.1, -0.05) is 20.3 Å². The standard InChI is InChI=1S/C11H18N2O2/c1-3-7(2)9-11(15)13-6-4-5-8(13)10(14)12-9/h7-9H,3-6H2,1-2H3,(H,12,14)/t7-,8+,9+/m1/s1. The van der Waals surface area contributed by atoms with Gasteiger partial charge < -0.3 is 10.2 Å². The van der Waals surface area contributed by atoms with Gasteiger partial charge in [-0.3, -0.25) is 9.59 Å². The third-order valence-electron chi connectivity index (χ3n) is 3.62. The van der Waals surface area contributed by atoms with E-state index in [2.05, 4.69) is 5.32 Å². The lowest BCUT2D eigenvalue weighted by Gasteiger charge is -2.36. The van der Waals surface area contributed by atoms with Crippen molar-refractivity contribution < 1.29 is 9.59 Å². The minimum Gasteiger partial charge on any atom is -0.342 e. The zero-order valence-electron chi connectivity index (χ0n) is 9.32. The number of nitrogens with zero attached hydrogens (tertiary/aromatic N) is 1. The molecule has 0 spiro atoms. The average molecular weight is 210 g/mol. The third kappa shape index (κ3) is 1.62. The SMILES string of the molecule is CC[C@@H](C)[C@@H]1NC(=O)[C@@H]2CCCN2C1=O. The van der Waals surface area contributed by atoms with Crippen molar-refractivity contribution in [2.75, 3.05) is 6.54 Å². The summed E-state index contributed by atoms with van der Waals surface area (Å²) in [4.78, 5) is 25.6. The van der Waals surface area contributed by atoms with Crippen LogP contribution in [0.2, 0.25) is 0 Å². The molecule has 2 aliphatic heterocycles. The highest BCUT2D eigenvalue weighted by atomic mass is 16.2. The van der Waals surface area contributed by atoms with Gasteiger partial charge in [-0.15, -0.1) is 0 Å². The first-order valence-corrected chi connectivity index (χ1v) is 5.76. The Labute approximate surface area is 90.0 Å². The second-order valence-electron chi connectivity index (χ2n) is 4.56. The van der Waals surface area contributed by atoms with Crippen LogP contribution in [-0.2, 0) is 9.59 Å². The van der Waals surface area contributed by atoms with Crippen molar-refractivity contribution in [3.63, 3.8) is 0 Å². The zero-order chi connectivity index (χ0) is 11.0. The van der Waals surface area contributed by atoms with Crippen LogP contribution < -0.4 is 5.32 Å². The van der Waals surface area contributed by atoms with Crippen LogP contribution in [0, 0.1) is 5.92 Å². The normalized spacial score (nSPS) is 32.5. The Hall–Kier alpha value is -1.06. The molecule has 2 aliphatic rings. The van der Waals surface area contributed by atoms with E-state index in [1.165, 1.54) is 0 Å². The van der Waals surface area contributed by atoms with Gasteiger partial charge in [-0.2, -0.15) is 0 Å². The first kappa shape index (κ1) is 10.5. The molecule has 2 saturated heterocycles. The van der Waals surface area contributed by atoms with Crippen molar-refractivity contribution in [1.82, 2.24) is 10.2 Å². The van der Waals surface area contributed by atoms with Crippen LogP contribution in [-0.4, -0.2) is 35.3 Å². The van der Waals surface area contributed by atoms with Gasteiger partial charge in [0.05, 0.1) is 0 Å². The fourth-order valence-corrected chi connectivity index (χ4v) is 2.41. The molecule has 0 aromatic heterocycles. The molecular weight excluding hydrogens is 192 g/mol. The molecule has 4 heteroatoms. The number of carbonyl (C=O) groups excluding carboxylic acids is 2. The minimum absolute atomic E-state index is 0.0393. The van der Waals surface area contributed by atoms with E-state index in [-0.39, 0.29) is 29.8 Å². The lowest BCUT2D eigenvalue weighted by Crippen LogP contribution is -2.62. The van der Waals surface area contributed by atoms with E-state index in [9.17, 15) is 9.59 Å². The molecule has 84 valence electrons. The van der Waals surface area contributed by atoms with Crippen molar-refractivity contribution in [1.29, 1.82) is 0 Å². The van der Waals surface area contributed by atoms with Gasteiger partial charge in [-0.05, 0) is 18.8 Å². The molecule has 2 amide bonds. The van der Waals surface area contributed by atoms with Gasteiger partial charge in [0.25, 0.3) is 0 Å². The number of fused-ring (bicyclic) bond motifs is 1. The number of piperazine rings is 1. The summed E-state index contributed by atoms with van der Waals surface area (Å²) in [5, 5.41) is 2.86. The molecule has 3 atom stereocenters. The van der Waals surface area contributed by atoms with Crippen LogP contribution in [0.3, 0.4) is 0 Å². The van der Waals surface area contributed by atoms with E-state index in [0.717, 1.165) is 25.8 Å². The molecule has 2 rings (SSSR count). The molecule has 2 fully saturated rings. The Morgan fingerprint density at radius 2 is 2.27 bits per heavy atom. The predicted octanol–water partition coefficient (Wildman–Crippen LogP) is 0.522. The maximum absolute atomic E-state index is 12.1. The number of nitrogens with one attached hydrogen (secondary N) is 1. The molecular formula is C11H18N2O2. The van der Waals surface area contributed by atoms with Crippen molar-refractivity contribution in [2.45, 2.75) is 45.2 Å². The van der Waals surface area contributed by atoms with E-state index in [4.69, 9.17) is 0 Å². The van der Waals surface area contributed by atoms with Crippen LogP contribution in [0.5, 0.6) is 0 Å². The molecule has 0 unspecified atom stereocenters. The summed E-state index contributed by atoms with van der Waals surface area (Å²) in [5.41, 5.74) is 0. The highest BCUT2D eigenvalue weighted by Gasteiger charge is 2.44. The van der Waals surface area contributed by atoms with Crippen LogP contribution in [0.4, 0.5) is 0 Å². The quantitative estimate of drug-likeness (QED) is 0.722. The lowest BCUT2D eigenvalue weighted by molar-refractivity contribution is -0.148. The summed E-state index contributed by atoms with van der Waals surface area (Å²) in [6.07, 6.45) is 2.69. The first-order chi connectivity index (χ1) is 7.15. The van der Waals surface area contributed by atoms with Crippen LogP contribution >= 0.6 is 0 Å². The van der Waals surface area contributed by atoms with Gasteiger partial charge in [0, 0.05) is 6.54 Å². The maximum Gasteiger partial charge on any atom is 0.246 e. The monoisotopic (exact) mass is 210 g/mol. The third-order valence-corrected chi connectivity index (χ3v) is 3.62. The maximum atomic E-state index is 12.1. The second kappa shape index (κ2) is 3.83. The zero-order valence-corrected chi connectivity index (χ0v) is 9.32. The molecule has 0 aliphatic carbocycles. The summed E-state index contributed by atoms with van der Waals surface area (Å²) < 4.78 is 0. The number of hydrogen-bond donors (Lipinski definition) is 1. The van der Waals surface area contributed by atoms with E-state index in [0.29, 0.717) is 0 Å². The largest absolute Gasteiger partial charge is 0.342 e. The molecule has 0 aromatic rings. The van der Waals surface area contributed by atoms with Gasteiger partial charge in [-0.25, -0.2) is 0 Å². The van der Waals surface area contributed by atoms with Crippen molar-refractivity contribution in [3.8, 4) is 0 Å². The molecule has 4 nitrogen and oxygen atoms in total. The van der Waals surface area contributed by atoms with Gasteiger partial charge in [0.2, 0.25) is 11.8 Å². The van der Waals surface area contributed by atoms with Gasteiger partial charge >= 0.3 is 0 Å². The molecule has 0 radical (unpaired) electrons. The summed E-state index contributed by atoms with van der Waals surface area (Å²) >= 11 is 0. The molecule has 0 saturated carbocycles. The minimum atomic E-state index is -0.295. The number of rotatable bonds is 2. The highest BCUT2D eigenvalue weighted by Crippen LogP contribution is 2.24.